The van der Waals surface area contributed by atoms with E-state index in [9.17, 15) is 8.42 Å². The van der Waals surface area contributed by atoms with Gasteiger partial charge in [0.25, 0.3) is 10.0 Å². The fourth-order valence-electron chi connectivity index (χ4n) is 3.50. The Hall–Kier alpha value is -1.85. The minimum absolute atomic E-state index is 0.00601. The fraction of sp³-hybridized carbons (Fsp3) is 0.400. The number of benzene rings is 2. The van der Waals surface area contributed by atoms with Crippen LogP contribution in [0.1, 0.15) is 25.3 Å². The van der Waals surface area contributed by atoms with E-state index in [1.54, 1.807) is 10.4 Å². The van der Waals surface area contributed by atoms with E-state index in [4.69, 9.17) is 0 Å². The molecule has 1 heterocycles. The standard InChI is InChI=1S/C20H26N2O2S/c1-3-17-9-7-8-12-20(17)25(23,24)22(18-10-5-4-6-11-18)19-13-15-21(2)16-14-19/h4-12,19H,3,13-16H2,1-2H3. The number of likely N-dealkylation sites (tertiary alicyclic amines) is 1. The molecule has 0 aromatic heterocycles. The molecule has 0 bridgehead atoms. The van der Waals surface area contributed by atoms with Crippen molar-refractivity contribution in [1.82, 2.24) is 4.90 Å². The highest BCUT2D eigenvalue weighted by Crippen LogP contribution is 2.31. The Labute approximate surface area is 151 Å². The number of nitrogens with zero attached hydrogens (tertiary/aromatic N) is 2. The van der Waals surface area contributed by atoms with Crippen LogP contribution in [0.2, 0.25) is 0 Å². The van der Waals surface area contributed by atoms with Crippen LogP contribution in [0.3, 0.4) is 0 Å². The summed E-state index contributed by atoms with van der Waals surface area (Å²) >= 11 is 0. The molecule has 0 radical (unpaired) electrons. The number of hydrogen-bond acceptors (Lipinski definition) is 3. The van der Waals surface area contributed by atoms with Crippen molar-refractivity contribution < 1.29 is 8.42 Å². The highest BCUT2D eigenvalue weighted by Gasteiger charge is 2.34. The summed E-state index contributed by atoms with van der Waals surface area (Å²) in [5, 5.41) is 0. The van der Waals surface area contributed by atoms with Gasteiger partial charge in [0.15, 0.2) is 0 Å². The van der Waals surface area contributed by atoms with E-state index < -0.39 is 10.0 Å². The lowest BCUT2D eigenvalue weighted by Crippen LogP contribution is -2.46. The van der Waals surface area contributed by atoms with Gasteiger partial charge in [0, 0.05) is 6.04 Å². The summed E-state index contributed by atoms with van der Waals surface area (Å²) in [5.74, 6) is 0. The molecule has 1 fully saturated rings. The number of aryl methyl sites for hydroxylation is 1. The third kappa shape index (κ3) is 3.72. The molecule has 1 saturated heterocycles. The van der Waals surface area contributed by atoms with Gasteiger partial charge in [-0.25, -0.2) is 8.42 Å². The molecular weight excluding hydrogens is 332 g/mol. The molecule has 0 spiro atoms. The van der Waals surface area contributed by atoms with Crippen LogP contribution in [0.5, 0.6) is 0 Å². The first-order valence-electron chi connectivity index (χ1n) is 8.90. The zero-order valence-electron chi connectivity index (χ0n) is 14.9. The van der Waals surface area contributed by atoms with Gasteiger partial charge in [0.1, 0.15) is 0 Å². The van der Waals surface area contributed by atoms with Crippen molar-refractivity contribution in [2.45, 2.75) is 37.1 Å². The number of piperidine rings is 1. The minimum atomic E-state index is -3.60. The summed E-state index contributed by atoms with van der Waals surface area (Å²) in [5.41, 5.74) is 1.62. The molecule has 0 amide bonds. The number of sulfonamides is 1. The van der Waals surface area contributed by atoms with Crippen molar-refractivity contribution in [3.63, 3.8) is 0 Å². The van der Waals surface area contributed by atoms with E-state index in [0.717, 1.165) is 37.2 Å². The number of anilines is 1. The van der Waals surface area contributed by atoms with Crippen LogP contribution >= 0.6 is 0 Å². The molecule has 0 atom stereocenters. The van der Waals surface area contributed by atoms with E-state index in [2.05, 4.69) is 11.9 Å². The highest BCUT2D eigenvalue weighted by molar-refractivity contribution is 7.93. The van der Waals surface area contributed by atoms with E-state index in [1.165, 1.54) is 0 Å². The summed E-state index contributed by atoms with van der Waals surface area (Å²) in [6, 6.07) is 16.9. The van der Waals surface area contributed by atoms with Crippen molar-refractivity contribution in [1.29, 1.82) is 0 Å². The largest absolute Gasteiger partial charge is 0.306 e. The van der Waals surface area contributed by atoms with Gasteiger partial charge in [-0.1, -0.05) is 43.3 Å². The number of hydrogen-bond donors (Lipinski definition) is 0. The van der Waals surface area contributed by atoms with Crippen LogP contribution in [-0.4, -0.2) is 39.5 Å². The lowest BCUT2D eigenvalue weighted by atomic mass is 10.1. The van der Waals surface area contributed by atoms with Crippen LogP contribution in [-0.2, 0) is 16.4 Å². The number of para-hydroxylation sites is 1. The molecule has 4 nitrogen and oxygen atoms in total. The van der Waals surface area contributed by atoms with Gasteiger partial charge >= 0.3 is 0 Å². The average molecular weight is 359 g/mol. The third-order valence-electron chi connectivity index (χ3n) is 4.92. The normalized spacial score (nSPS) is 16.7. The first-order valence-corrected chi connectivity index (χ1v) is 10.3. The lowest BCUT2D eigenvalue weighted by molar-refractivity contribution is 0.257. The second-order valence-corrected chi connectivity index (χ2v) is 8.42. The predicted octanol–water partition coefficient (Wildman–Crippen LogP) is 3.54. The van der Waals surface area contributed by atoms with Crippen molar-refractivity contribution in [2.24, 2.45) is 0 Å². The minimum Gasteiger partial charge on any atom is -0.306 e. The maximum absolute atomic E-state index is 13.6. The van der Waals surface area contributed by atoms with Gasteiger partial charge in [-0.15, -0.1) is 0 Å². The third-order valence-corrected chi connectivity index (χ3v) is 6.90. The molecule has 25 heavy (non-hydrogen) atoms. The van der Waals surface area contributed by atoms with Gasteiger partial charge in [0.2, 0.25) is 0 Å². The molecule has 2 aromatic rings. The van der Waals surface area contributed by atoms with E-state index in [-0.39, 0.29) is 6.04 Å². The van der Waals surface area contributed by atoms with Crippen molar-refractivity contribution in [3.05, 3.63) is 60.2 Å². The summed E-state index contributed by atoms with van der Waals surface area (Å²) in [7, 11) is -1.51. The lowest BCUT2D eigenvalue weighted by Gasteiger charge is -2.38. The molecule has 0 aliphatic carbocycles. The molecule has 1 aliphatic heterocycles. The zero-order valence-corrected chi connectivity index (χ0v) is 15.7. The Morgan fingerprint density at radius 1 is 1.00 bits per heavy atom. The van der Waals surface area contributed by atoms with Gasteiger partial charge in [-0.05, 0) is 63.2 Å². The molecule has 2 aromatic carbocycles. The first-order chi connectivity index (χ1) is 12.0. The Bertz CT molecular complexity index is 797. The Balaban J connectivity index is 2.07. The second-order valence-electron chi connectivity index (χ2n) is 6.63. The second kappa shape index (κ2) is 7.58. The zero-order chi connectivity index (χ0) is 17.9. The van der Waals surface area contributed by atoms with Crippen LogP contribution in [0, 0.1) is 0 Å². The topological polar surface area (TPSA) is 40.6 Å². The van der Waals surface area contributed by atoms with Crippen molar-refractivity contribution in [2.75, 3.05) is 24.4 Å². The van der Waals surface area contributed by atoms with Crippen LogP contribution in [0.4, 0.5) is 5.69 Å². The van der Waals surface area contributed by atoms with Gasteiger partial charge < -0.3 is 4.90 Å². The molecule has 134 valence electrons. The quantitative estimate of drug-likeness (QED) is 0.821. The summed E-state index contributed by atoms with van der Waals surface area (Å²) in [6.45, 7) is 3.83. The fourth-order valence-corrected chi connectivity index (χ4v) is 5.51. The van der Waals surface area contributed by atoms with E-state index in [1.807, 2.05) is 55.5 Å². The van der Waals surface area contributed by atoms with Crippen LogP contribution in [0.15, 0.2) is 59.5 Å². The molecule has 0 saturated carbocycles. The van der Waals surface area contributed by atoms with E-state index in [0.29, 0.717) is 11.3 Å². The molecular formula is C20H26N2O2S. The summed E-state index contributed by atoms with van der Waals surface area (Å²) in [6.07, 6.45) is 2.39. The monoisotopic (exact) mass is 358 g/mol. The number of rotatable bonds is 5. The Kier molecular flexibility index (Phi) is 5.45. The predicted molar refractivity (Wildman–Crippen MR) is 102 cm³/mol. The first kappa shape index (κ1) is 18.0. The highest BCUT2D eigenvalue weighted by atomic mass is 32.2. The summed E-state index contributed by atoms with van der Waals surface area (Å²) in [4.78, 5) is 2.69. The van der Waals surface area contributed by atoms with Crippen molar-refractivity contribution in [3.8, 4) is 0 Å². The van der Waals surface area contributed by atoms with Crippen LogP contribution in [0.25, 0.3) is 0 Å². The molecule has 0 N–H and O–H groups in total. The maximum atomic E-state index is 13.6. The smallest absolute Gasteiger partial charge is 0.264 e. The van der Waals surface area contributed by atoms with Gasteiger partial charge in [-0.2, -0.15) is 0 Å². The molecule has 0 unspecified atom stereocenters. The molecule has 3 rings (SSSR count). The SMILES string of the molecule is CCc1ccccc1S(=O)(=O)N(c1ccccc1)C1CCN(C)CC1. The Morgan fingerprint density at radius 3 is 2.24 bits per heavy atom. The average Bonchev–Trinajstić information content (AvgIpc) is 2.64. The maximum Gasteiger partial charge on any atom is 0.264 e. The van der Waals surface area contributed by atoms with Crippen molar-refractivity contribution >= 4 is 15.7 Å². The van der Waals surface area contributed by atoms with Gasteiger partial charge in [0.05, 0.1) is 10.6 Å². The molecule has 5 heteroatoms. The van der Waals surface area contributed by atoms with Gasteiger partial charge in [-0.3, -0.25) is 4.31 Å². The Morgan fingerprint density at radius 2 is 1.60 bits per heavy atom. The van der Waals surface area contributed by atoms with Crippen LogP contribution < -0.4 is 4.31 Å². The molecule has 1 aliphatic rings. The van der Waals surface area contributed by atoms with E-state index >= 15 is 0 Å². The summed E-state index contributed by atoms with van der Waals surface area (Å²) < 4.78 is 28.9.